The second-order valence-electron chi connectivity index (χ2n) is 9.59. The van der Waals surface area contributed by atoms with Gasteiger partial charge in [-0.25, -0.2) is 13.8 Å². The first-order valence-corrected chi connectivity index (χ1v) is 12.7. The molecule has 1 aliphatic rings. The van der Waals surface area contributed by atoms with Gasteiger partial charge in [0.1, 0.15) is 17.5 Å². The van der Waals surface area contributed by atoms with Gasteiger partial charge in [0.2, 0.25) is 5.95 Å². The molecule has 0 aliphatic carbocycles. The van der Waals surface area contributed by atoms with Crippen molar-refractivity contribution in [1.82, 2.24) is 24.6 Å². The van der Waals surface area contributed by atoms with Gasteiger partial charge in [0.15, 0.2) is 0 Å². The van der Waals surface area contributed by atoms with Crippen LogP contribution in [-0.2, 0) is 7.05 Å². The zero-order valence-electron chi connectivity index (χ0n) is 22.4. The maximum Gasteiger partial charge on any atom is 0.229 e. The normalized spacial score (nSPS) is 13.4. The maximum absolute atomic E-state index is 15.4. The Labute approximate surface area is 231 Å². The Morgan fingerprint density at radius 3 is 2.55 bits per heavy atom. The predicted molar refractivity (Wildman–Crippen MR) is 157 cm³/mol. The van der Waals surface area contributed by atoms with Crippen molar-refractivity contribution in [3.63, 3.8) is 0 Å². The van der Waals surface area contributed by atoms with Gasteiger partial charge >= 0.3 is 0 Å². The highest BCUT2D eigenvalue weighted by Crippen LogP contribution is 2.34. The molecule has 0 unspecified atom stereocenters. The van der Waals surface area contributed by atoms with Gasteiger partial charge in [-0.3, -0.25) is 4.68 Å². The lowest BCUT2D eigenvalue weighted by Gasteiger charge is -2.22. The first kappa shape index (κ1) is 26.8. The molecule has 0 amide bonds. The Morgan fingerprint density at radius 2 is 1.85 bits per heavy atom. The zero-order valence-corrected chi connectivity index (χ0v) is 22.4. The maximum atomic E-state index is 15.4. The van der Waals surface area contributed by atoms with Crippen LogP contribution in [0.3, 0.4) is 0 Å². The molecule has 2 aromatic heterocycles. The smallest absolute Gasteiger partial charge is 0.229 e. The summed E-state index contributed by atoms with van der Waals surface area (Å²) in [6.07, 6.45) is 9.39. The third-order valence-electron chi connectivity index (χ3n) is 6.56. The monoisotopic (exact) mass is 540 g/mol. The largest absolute Gasteiger partial charge is 0.356 e. The van der Waals surface area contributed by atoms with Gasteiger partial charge in [-0.05, 0) is 54.9 Å². The summed E-state index contributed by atoms with van der Waals surface area (Å²) in [4.78, 5) is 11.2. The molecule has 0 spiro atoms. The van der Waals surface area contributed by atoms with Gasteiger partial charge < -0.3 is 20.9 Å². The minimum Gasteiger partial charge on any atom is -0.356 e. The van der Waals surface area contributed by atoms with Crippen LogP contribution in [0, 0.1) is 11.6 Å². The average Bonchev–Trinajstić information content (AvgIpc) is 3.35. The molecule has 8 nitrogen and oxygen atoms in total. The molecule has 3 N–H and O–H groups in total. The number of rotatable bonds is 9. The molecule has 204 valence electrons. The third kappa shape index (κ3) is 6.08. The molecular formula is C30H30F2N8. The molecule has 2 aromatic carbocycles. The van der Waals surface area contributed by atoms with E-state index in [0.717, 1.165) is 25.1 Å². The summed E-state index contributed by atoms with van der Waals surface area (Å²) >= 11 is 0. The summed E-state index contributed by atoms with van der Waals surface area (Å²) < 4.78 is 32.0. The number of hydrogen-bond acceptors (Lipinski definition) is 7. The number of aryl methyl sites for hydroxylation is 1. The lowest BCUT2D eigenvalue weighted by atomic mass is 9.96. The molecule has 40 heavy (non-hydrogen) atoms. The molecule has 5 rings (SSSR count). The van der Waals surface area contributed by atoms with Crippen LogP contribution < -0.4 is 16.0 Å². The van der Waals surface area contributed by atoms with Crippen LogP contribution in [0.2, 0.25) is 0 Å². The Balaban J connectivity index is 1.52. The molecule has 0 bridgehead atoms. The average molecular weight is 541 g/mol. The second kappa shape index (κ2) is 11.5. The van der Waals surface area contributed by atoms with Gasteiger partial charge in [-0.15, -0.1) is 0 Å². The van der Waals surface area contributed by atoms with E-state index in [-0.39, 0.29) is 17.5 Å². The van der Waals surface area contributed by atoms with Crippen LogP contribution >= 0.6 is 0 Å². The summed E-state index contributed by atoms with van der Waals surface area (Å²) in [5.41, 5.74) is 4.66. The number of hydrogen-bond donors (Lipinski definition) is 3. The predicted octanol–water partition coefficient (Wildman–Crippen LogP) is 6.47. The van der Waals surface area contributed by atoms with E-state index in [4.69, 9.17) is 0 Å². The van der Waals surface area contributed by atoms with E-state index in [1.165, 1.54) is 12.1 Å². The Kier molecular flexibility index (Phi) is 7.70. The zero-order chi connectivity index (χ0) is 28.2. The number of anilines is 5. The van der Waals surface area contributed by atoms with Crippen LogP contribution in [0.15, 0.2) is 86.0 Å². The number of nitrogens with zero attached hydrogens (tertiary/aromatic N) is 5. The van der Waals surface area contributed by atoms with Crippen molar-refractivity contribution in [2.45, 2.75) is 6.42 Å². The van der Waals surface area contributed by atoms with Gasteiger partial charge in [-0.1, -0.05) is 31.4 Å². The number of benzene rings is 2. The Hall–Kier alpha value is -4.83. The third-order valence-corrected chi connectivity index (χ3v) is 6.56. The number of aromatic nitrogens is 4. The van der Waals surface area contributed by atoms with Crippen molar-refractivity contribution in [2.75, 3.05) is 36.1 Å². The second-order valence-corrected chi connectivity index (χ2v) is 9.59. The highest BCUT2D eigenvalue weighted by Gasteiger charge is 2.17. The van der Waals surface area contributed by atoms with Crippen molar-refractivity contribution >= 4 is 34.4 Å². The van der Waals surface area contributed by atoms with Crippen molar-refractivity contribution in [1.29, 1.82) is 0 Å². The number of allylic oxidation sites excluding steroid dienone is 1. The summed E-state index contributed by atoms with van der Waals surface area (Å²) in [6, 6.07) is 9.60. The Morgan fingerprint density at radius 1 is 1.00 bits per heavy atom. The number of halogens is 2. The quantitative estimate of drug-likeness (QED) is 0.210. The van der Waals surface area contributed by atoms with E-state index in [1.807, 2.05) is 13.1 Å². The van der Waals surface area contributed by atoms with Gasteiger partial charge in [-0.2, -0.15) is 10.1 Å². The van der Waals surface area contributed by atoms with Gasteiger partial charge in [0.05, 0.1) is 17.6 Å². The van der Waals surface area contributed by atoms with E-state index in [9.17, 15) is 4.39 Å². The van der Waals surface area contributed by atoms with Gasteiger partial charge in [0, 0.05) is 55.0 Å². The molecule has 10 heteroatoms. The standard InChI is InChI=1S/C30H30F2N8/c1-5-19(2)35-22-7-9-26(31)28(15-22)37-29-25(17-33-30(38-29)36-23-16-34-40(4)18-23)21-6-8-24(27(32)14-21)20-10-12-39(3)13-11-20/h5-10,14-18,35H,1-2,11-13H2,3-4H3,(H2,33,36,37,38). The molecule has 4 aromatic rings. The molecule has 0 atom stereocenters. The van der Waals surface area contributed by atoms with Crippen LogP contribution in [0.5, 0.6) is 0 Å². The Bertz CT molecular complexity index is 1610. The molecule has 0 saturated heterocycles. The van der Waals surface area contributed by atoms with Crippen molar-refractivity contribution in [3.05, 3.63) is 103 Å². The van der Waals surface area contributed by atoms with E-state index >= 15 is 4.39 Å². The fourth-order valence-electron chi connectivity index (χ4n) is 4.38. The summed E-state index contributed by atoms with van der Waals surface area (Å²) in [7, 11) is 3.84. The molecule has 1 aliphatic heterocycles. The van der Waals surface area contributed by atoms with Gasteiger partial charge in [0.25, 0.3) is 0 Å². The lowest BCUT2D eigenvalue weighted by molar-refractivity contribution is 0.369. The number of nitrogens with one attached hydrogen (secondary N) is 3. The fraction of sp³-hybridized carbons (Fsp3) is 0.167. The minimum atomic E-state index is -0.489. The van der Waals surface area contributed by atoms with E-state index < -0.39 is 5.82 Å². The van der Waals surface area contributed by atoms with Crippen LogP contribution in [0.4, 0.5) is 37.6 Å². The van der Waals surface area contributed by atoms with E-state index in [0.29, 0.717) is 39.6 Å². The van der Waals surface area contributed by atoms with E-state index in [1.54, 1.807) is 54.6 Å². The molecule has 0 radical (unpaired) electrons. The molecule has 3 heterocycles. The number of likely N-dealkylation sites (N-methyl/N-ethyl adjacent to an activating group) is 1. The lowest BCUT2D eigenvalue weighted by Crippen LogP contribution is -2.23. The summed E-state index contributed by atoms with van der Waals surface area (Å²) in [5.74, 6) is -0.262. The highest BCUT2D eigenvalue weighted by molar-refractivity contribution is 5.81. The fourth-order valence-corrected chi connectivity index (χ4v) is 4.38. The van der Waals surface area contributed by atoms with Crippen LogP contribution in [0.1, 0.15) is 12.0 Å². The highest BCUT2D eigenvalue weighted by atomic mass is 19.1. The van der Waals surface area contributed by atoms with Crippen molar-refractivity contribution in [2.24, 2.45) is 7.05 Å². The SMILES string of the molecule is C=CC(=C)Nc1ccc(F)c(Nc2nc(Nc3cnn(C)c3)ncc2-c2ccc(C3=CCN(C)CC3)c(F)c2)c1. The molecule has 0 fully saturated rings. The summed E-state index contributed by atoms with van der Waals surface area (Å²) in [6.45, 7) is 9.18. The first-order chi connectivity index (χ1) is 19.3. The topological polar surface area (TPSA) is 82.9 Å². The molecular weight excluding hydrogens is 510 g/mol. The first-order valence-electron chi connectivity index (χ1n) is 12.7. The van der Waals surface area contributed by atoms with Crippen LogP contribution in [0.25, 0.3) is 16.7 Å². The van der Waals surface area contributed by atoms with Crippen molar-refractivity contribution in [3.8, 4) is 11.1 Å². The minimum absolute atomic E-state index is 0.169. The van der Waals surface area contributed by atoms with E-state index in [2.05, 4.69) is 55.2 Å². The summed E-state index contributed by atoms with van der Waals surface area (Å²) in [5, 5.41) is 13.4. The van der Waals surface area contributed by atoms with Crippen LogP contribution in [-0.4, -0.2) is 44.8 Å². The molecule has 0 saturated carbocycles. The van der Waals surface area contributed by atoms with Crippen molar-refractivity contribution < 1.29 is 8.78 Å².